The largest absolute Gasteiger partial charge is 0.302 e. The van der Waals surface area contributed by atoms with Gasteiger partial charge in [-0.15, -0.1) is 20.4 Å². The van der Waals surface area contributed by atoms with Gasteiger partial charge in [0, 0.05) is 24.2 Å². The lowest BCUT2D eigenvalue weighted by atomic mass is 10.2. The zero-order chi connectivity index (χ0) is 21.5. The number of aromatic nitrogens is 7. The summed E-state index contributed by atoms with van der Waals surface area (Å²) in [5.41, 5.74) is 1.66. The molecule has 0 atom stereocenters. The minimum absolute atomic E-state index is 0.0898. The first-order chi connectivity index (χ1) is 15.1. The maximum atomic E-state index is 12.6. The van der Waals surface area contributed by atoms with Gasteiger partial charge < -0.3 is 4.57 Å². The van der Waals surface area contributed by atoms with Crippen LogP contribution in [0.3, 0.4) is 0 Å². The number of hydrogen-bond acceptors (Lipinski definition) is 6. The van der Waals surface area contributed by atoms with E-state index in [1.165, 1.54) is 16.3 Å². The first kappa shape index (κ1) is 19.8. The zero-order valence-corrected chi connectivity index (χ0v) is 18.4. The van der Waals surface area contributed by atoms with Gasteiger partial charge in [0.25, 0.3) is 5.56 Å². The quantitative estimate of drug-likeness (QED) is 0.378. The van der Waals surface area contributed by atoms with E-state index in [2.05, 4.69) is 31.9 Å². The summed E-state index contributed by atoms with van der Waals surface area (Å²) in [5.74, 6) is 2.58. The lowest BCUT2D eigenvalue weighted by Crippen LogP contribution is -2.20. The van der Waals surface area contributed by atoms with Crippen LogP contribution in [-0.4, -0.2) is 33.9 Å². The summed E-state index contributed by atoms with van der Waals surface area (Å²) < 4.78 is 5.51. The van der Waals surface area contributed by atoms with Gasteiger partial charge in [0.15, 0.2) is 11.0 Å². The second-order valence-electron chi connectivity index (χ2n) is 6.98. The molecule has 0 bridgehead atoms. The van der Waals surface area contributed by atoms with Crippen molar-refractivity contribution in [3.8, 4) is 11.4 Å². The fraction of sp³-hybridized carbons (Fsp3) is 0.190. The fourth-order valence-corrected chi connectivity index (χ4v) is 4.65. The smallest absolute Gasteiger partial charge is 0.262 e. The molecule has 8 nitrogen and oxygen atoms in total. The summed E-state index contributed by atoms with van der Waals surface area (Å²) in [7, 11) is 1.71. The number of para-hydroxylation sites is 1. The van der Waals surface area contributed by atoms with Crippen molar-refractivity contribution in [3.05, 3.63) is 69.7 Å². The van der Waals surface area contributed by atoms with E-state index < -0.39 is 0 Å². The van der Waals surface area contributed by atoms with Gasteiger partial charge in [0.1, 0.15) is 5.82 Å². The van der Waals surface area contributed by atoms with E-state index in [-0.39, 0.29) is 5.56 Å². The summed E-state index contributed by atoms with van der Waals surface area (Å²) in [6.45, 7) is 2.79. The number of aryl methyl sites for hydroxylation is 1. The van der Waals surface area contributed by atoms with Gasteiger partial charge in [0.05, 0.1) is 16.7 Å². The van der Waals surface area contributed by atoms with Crippen molar-refractivity contribution >= 4 is 40.0 Å². The standard InChI is InChI=1S/C21H18ClN7OS/c1-3-28-18(13-8-10-14(22)11-9-13)24-26-21(28)31-12-17-23-25-20-27(2)19(30)15-6-4-5-7-16(15)29(17)20/h4-11H,3,12H2,1-2H3. The van der Waals surface area contributed by atoms with Crippen molar-refractivity contribution in [3.63, 3.8) is 0 Å². The Labute approximate surface area is 186 Å². The molecule has 0 saturated carbocycles. The van der Waals surface area contributed by atoms with E-state index >= 15 is 0 Å². The van der Waals surface area contributed by atoms with Crippen LogP contribution in [0.5, 0.6) is 0 Å². The molecule has 31 heavy (non-hydrogen) atoms. The molecule has 5 aromatic rings. The topological polar surface area (TPSA) is 82.9 Å². The molecule has 0 saturated heterocycles. The lowest BCUT2D eigenvalue weighted by molar-refractivity contribution is 0.687. The molecule has 0 aliphatic carbocycles. The van der Waals surface area contributed by atoms with Crippen LogP contribution in [0.15, 0.2) is 58.5 Å². The highest BCUT2D eigenvalue weighted by atomic mass is 35.5. The van der Waals surface area contributed by atoms with Gasteiger partial charge in [0.2, 0.25) is 5.78 Å². The molecule has 0 aliphatic heterocycles. The number of nitrogens with zero attached hydrogens (tertiary/aromatic N) is 7. The average molecular weight is 452 g/mol. The third-order valence-electron chi connectivity index (χ3n) is 5.16. The monoisotopic (exact) mass is 451 g/mol. The molecule has 0 amide bonds. The van der Waals surface area contributed by atoms with Gasteiger partial charge >= 0.3 is 0 Å². The first-order valence-corrected chi connectivity index (χ1v) is 11.1. The second-order valence-corrected chi connectivity index (χ2v) is 8.36. The predicted molar refractivity (Wildman–Crippen MR) is 121 cm³/mol. The van der Waals surface area contributed by atoms with Crippen LogP contribution in [0.1, 0.15) is 12.7 Å². The highest BCUT2D eigenvalue weighted by molar-refractivity contribution is 7.98. The molecule has 0 spiro atoms. The Balaban J connectivity index is 1.52. The average Bonchev–Trinajstić information content (AvgIpc) is 3.40. The van der Waals surface area contributed by atoms with E-state index in [4.69, 9.17) is 11.6 Å². The first-order valence-electron chi connectivity index (χ1n) is 9.72. The third-order valence-corrected chi connectivity index (χ3v) is 6.37. The van der Waals surface area contributed by atoms with Gasteiger partial charge in [-0.2, -0.15) is 0 Å². The Bertz CT molecular complexity index is 1470. The molecule has 0 N–H and O–H groups in total. The van der Waals surface area contributed by atoms with E-state index in [1.54, 1.807) is 7.05 Å². The zero-order valence-electron chi connectivity index (χ0n) is 16.9. The highest BCUT2D eigenvalue weighted by Gasteiger charge is 2.17. The molecule has 2 aromatic carbocycles. The van der Waals surface area contributed by atoms with Crippen LogP contribution in [0.2, 0.25) is 5.02 Å². The molecule has 0 fully saturated rings. The summed E-state index contributed by atoms with van der Waals surface area (Å²) in [6.07, 6.45) is 0. The van der Waals surface area contributed by atoms with Crippen LogP contribution in [0, 0.1) is 0 Å². The van der Waals surface area contributed by atoms with E-state index in [9.17, 15) is 4.79 Å². The van der Waals surface area contributed by atoms with E-state index in [1.807, 2.05) is 52.9 Å². The molecule has 0 unspecified atom stereocenters. The fourth-order valence-electron chi connectivity index (χ4n) is 3.61. The van der Waals surface area contributed by atoms with Crippen LogP contribution in [0.25, 0.3) is 28.1 Å². The van der Waals surface area contributed by atoms with Gasteiger partial charge in [-0.05, 0) is 43.3 Å². The SMILES string of the molecule is CCn1c(SCc2nnc3n(C)c(=O)c4ccccc4n23)nnc1-c1ccc(Cl)cc1. The molecule has 156 valence electrons. The van der Waals surface area contributed by atoms with E-state index in [0.717, 1.165) is 34.4 Å². The summed E-state index contributed by atoms with van der Waals surface area (Å²) in [4.78, 5) is 12.6. The van der Waals surface area contributed by atoms with Crippen molar-refractivity contribution in [2.75, 3.05) is 0 Å². The van der Waals surface area contributed by atoms with Crippen LogP contribution >= 0.6 is 23.4 Å². The molecule has 3 heterocycles. The normalized spacial score (nSPS) is 11.6. The Morgan fingerprint density at radius 2 is 1.77 bits per heavy atom. The Kier molecular flexibility index (Phi) is 4.99. The summed E-state index contributed by atoms with van der Waals surface area (Å²) in [5, 5.41) is 19.5. The van der Waals surface area contributed by atoms with Crippen molar-refractivity contribution < 1.29 is 0 Å². The van der Waals surface area contributed by atoms with Gasteiger partial charge in [-0.25, -0.2) is 0 Å². The van der Waals surface area contributed by atoms with Crippen LogP contribution in [-0.2, 0) is 19.3 Å². The summed E-state index contributed by atoms with van der Waals surface area (Å²) in [6, 6.07) is 15.1. The lowest BCUT2D eigenvalue weighted by Gasteiger charge is -2.09. The molecule has 5 rings (SSSR count). The minimum atomic E-state index is -0.0898. The van der Waals surface area contributed by atoms with E-state index in [0.29, 0.717) is 21.9 Å². The molecule has 0 radical (unpaired) electrons. The van der Waals surface area contributed by atoms with Crippen molar-refractivity contribution in [1.29, 1.82) is 0 Å². The third kappa shape index (κ3) is 3.30. The number of fused-ring (bicyclic) bond motifs is 3. The number of halogens is 1. The summed E-state index contributed by atoms with van der Waals surface area (Å²) >= 11 is 7.55. The number of benzene rings is 2. The number of hydrogen-bond donors (Lipinski definition) is 0. The number of rotatable bonds is 5. The second kappa shape index (κ2) is 7.82. The minimum Gasteiger partial charge on any atom is -0.302 e. The van der Waals surface area contributed by atoms with Gasteiger partial charge in [-0.1, -0.05) is 35.5 Å². The maximum Gasteiger partial charge on any atom is 0.262 e. The Hall–Kier alpha value is -3.17. The molecule has 10 heteroatoms. The number of thioether (sulfide) groups is 1. The van der Waals surface area contributed by atoms with Crippen LogP contribution < -0.4 is 5.56 Å². The van der Waals surface area contributed by atoms with Crippen molar-refractivity contribution in [2.24, 2.45) is 7.05 Å². The molecular formula is C21H18ClN7OS. The Morgan fingerprint density at radius 1 is 1.00 bits per heavy atom. The predicted octanol–water partition coefficient (Wildman–Crippen LogP) is 3.81. The molecular weight excluding hydrogens is 434 g/mol. The highest BCUT2D eigenvalue weighted by Crippen LogP contribution is 2.27. The van der Waals surface area contributed by atoms with Gasteiger partial charge in [-0.3, -0.25) is 13.8 Å². The maximum absolute atomic E-state index is 12.6. The van der Waals surface area contributed by atoms with Crippen molar-refractivity contribution in [1.82, 2.24) is 33.9 Å². The van der Waals surface area contributed by atoms with Crippen molar-refractivity contribution in [2.45, 2.75) is 24.4 Å². The molecule has 0 aliphatic rings. The van der Waals surface area contributed by atoms with Crippen LogP contribution in [0.4, 0.5) is 0 Å². The Morgan fingerprint density at radius 3 is 2.55 bits per heavy atom. The molecule has 3 aromatic heterocycles.